The van der Waals surface area contributed by atoms with E-state index in [9.17, 15) is 5.11 Å². The lowest BCUT2D eigenvalue weighted by Gasteiger charge is -2.35. The van der Waals surface area contributed by atoms with Crippen LogP contribution in [0.2, 0.25) is 0 Å². The molecule has 18 heteroatoms. The van der Waals surface area contributed by atoms with Crippen LogP contribution in [0.4, 0.5) is 23.3 Å². The number of hydrogen-bond acceptors (Lipinski definition) is 14. The highest BCUT2D eigenvalue weighted by Gasteiger charge is 2.25. The predicted octanol–water partition coefficient (Wildman–Crippen LogP) is 6.31. The molecule has 0 saturated carbocycles. The second-order valence-electron chi connectivity index (χ2n) is 14.4. The standard InChI is InChI=1S/C18H21BrN6O.C16H17BrN6.C6H15NO.C2H6O/c19-15-11-22-25-16(21-10-13-4-3-6-20-9-13)8-17(23-18(15)25)24-7-2-1-5-14(24)12-26;17-13-11-20-23-14(19-10-12-4-3-5-18-9-12)8-15(21-16(13)23)22-6-1-2-7-22;1-3-4-6(5-8)7-2;1-2-3/h3-4,6,8-9,11,14,21,26H,1-2,5,7,10,12H2;3-5,8-9,11,19H,1-2,6-7,10H2;6-8H,3-5H2,1-2H3;3H,2H2,1H3. The first kappa shape index (κ1) is 46.6. The van der Waals surface area contributed by atoms with Gasteiger partial charge in [-0.2, -0.15) is 19.2 Å². The van der Waals surface area contributed by atoms with Crippen LogP contribution in [0.3, 0.4) is 0 Å². The highest BCUT2D eigenvalue weighted by Crippen LogP contribution is 2.29. The molecule has 2 aliphatic heterocycles. The number of halogens is 2. The Morgan fingerprint density at radius 3 is 1.75 bits per heavy atom. The Labute approximate surface area is 369 Å². The zero-order chi connectivity index (χ0) is 42.7. The number of nitrogens with one attached hydrogen (secondary N) is 3. The molecule has 2 atom stereocenters. The predicted molar refractivity (Wildman–Crippen MR) is 246 cm³/mol. The van der Waals surface area contributed by atoms with E-state index in [1.165, 1.54) is 12.8 Å². The number of pyridine rings is 2. The number of aliphatic hydroxyl groups is 3. The van der Waals surface area contributed by atoms with Gasteiger partial charge in [-0.3, -0.25) is 9.97 Å². The first-order chi connectivity index (χ1) is 29.3. The molecule has 0 bridgehead atoms. The fourth-order valence-electron chi connectivity index (χ4n) is 6.91. The smallest absolute Gasteiger partial charge is 0.173 e. The number of fused-ring (bicyclic) bond motifs is 2. The van der Waals surface area contributed by atoms with Crippen LogP contribution in [0.5, 0.6) is 0 Å². The SMILES string of the molecule is Brc1cnn2c(NCc3cccnc3)cc(N3CCCC3)nc12.CCCC(CO)NC.CCO.OCC1CCCCN1c1cc(NCc2cccnc2)n2ncc(Br)c2n1. The average molecular weight is 954 g/mol. The molecule has 0 aromatic carbocycles. The zero-order valence-corrected chi connectivity index (χ0v) is 37.9. The molecule has 16 nitrogen and oxygen atoms in total. The van der Waals surface area contributed by atoms with Gasteiger partial charge in [0.05, 0.1) is 40.6 Å². The van der Waals surface area contributed by atoms with Crippen molar-refractivity contribution in [3.63, 3.8) is 0 Å². The number of piperidine rings is 1. The normalized spacial score (nSPS) is 15.4. The van der Waals surface area contributed by atoms with Gasteiger partial charge in [-0.05, 0) is 108 Å². The fraction of sp³-hybridized carbons (Fsp3) is 0.476. The number of aliphatic hydroxyl groups excluding tert-OH is 3. The van der Waals surface area contributed by atoms with E-state index in [2.05, 4.69) is 96.8 Å². The molecule has 0 amide bonds. The lowest BCUT2D eigenvalue weighted by atomic mass is 10.0. The molecule has 2 saturated heterocycles. The minimum atomic E-state index is 0.117. The van der Waals surface area contributed by atoms with Gasteiger partial charge in [-0.25, -0.2) is 9.97 Å². The number of hydrogen-bond donors (Lipinski definition) is 6. The van der Waals surface area contributed by atoms with Gasteiger partial charge in [0.25, 0.3) is 0 Å². The maximum absolute atomic E-state index is 9.75. The summed E-state index contributed by atoms with van der Waals surface area (Å²) in [5, 5.41) is 44.6. The average Bonchev–Trinajstić information content (AvgIpc) is 4.06. The summed E-state index contributed by atoms with van der Waals surface area (Å²) in [4.78, 5) is 22.4. The van der Waals surface area contributed by atoms with Crippen molar-refractivity contribution < 1.29 is 15.3 Å². The largest absolute Gasteiger partial charge is 0.397 e. The minimum absolute atomic E-state index is 0.117. The Bertz CT molecular complexity index is 2130. The summed E-state index contributed by atoms with van der Waals surface area (Å²) < 4.78 is 5.38. The Balaban J connectivity index is 0.000000184. The number of aromatic nitrogens is 8. The molecule has 2 unspecified atom stereocenters. The van der Waals surface area contributed by atoms with Crippen molar-refractivity contribution in [1.82, 2.24) is 44.5 Å². The molecule has 0 aliphatic carbocycles. The van der Waals surface area contributed by atoms with Crippen LogP contribution in [0.1, 0.15) is 69.9 Å². The van der Waals surface area contributed by atoms with Crippen LogP contribution in [-0.4, -0.2) is 113 Å². The van der Waals surface area contributed by atoms with Gasteiger partial charge in [0, 0.05) is 82.3 Å². The van der Waals surface area contributed by atoms with Crippen LogP contribution in [-0.2, 0) is 13.1 Å². The molecule has 324 valence electrons. The third-order valence-electron chi connectivity index (χ3n) is 10.1. The Morgan fingerprint density at radius 2 is 1.28 bits per heavy atom. The van der Waals surface area contributed by atoms with Crippen molar-refractivity contribution in [2.24, 2.45) is 0 Å². The van der Waals surface area contributed by atoms with E-state index in [4.69, 9.17) is 20.2 Å². The first-order valence-corrected chi connectivity index (χ1v) is 22.3. The summed E-state index contributed by atoms with van der Waals surface area (Å²) in [6.45, 7) is 8.82. The van der Waals surface area contributed by atoms with E-state index in [0.29, 0.717) is 19.1 Å². The monoisotopic (exact) mass is 951 g/mol. The van der Waals surface area contributed by atoms with Crippen molar-refractivity contribution in [1.29, 1.82) is 0 Å². The lowest BCUT2D eigenvalue weighted by Crippen LogP contribution is -2.42. The van der Waals surface area contributed by atoms with Crippen LogP contribution < -0.4 is 25.8 Å². The molecule has 2 fully saturated rings. The van der Waals surface area contributed by atoms with Crippen LogP contribution in [0.15, 0.2) is 82.5 Å². The molecular weight excluding hydrogens is 894 g/mol. The summed E-state index contributed by atoms with van der Waals surface area (Å²) in [5.74, 6) is 3.67. The van der Waals surface area contributed by atoms with E-state index < -0.39 is 0 Å². The molecule has 0 radical (unpaired) electrons. The van der Waals surface area contributed by atoms with Gasteiger partial charge >= 0.3 is 0 Å². The van der Waals surface area contributed by atoms with Crippen molar-refractivity contribution in [3.8, 4) is 0 Å². The second kappa shape index (κ2) is 24.7. The number of likely N-dealkylation sites (N-methyl/N-ethyl adjacent to an activating group) is 1. The summed E-state index contributed by atoms with van der Waals surface area (Å²) >= 11 is 7.07. The Morgan fingerprint density at radius 1 is 0.750 bits per heavy atom. The van der Waals surface area contributed by atoms with Crippen molar-refractivity contribution in [2.75, 3.05) is 66.9 Å². The maximum atomic E-state index is 9.75. The van der Waals surface area contributed by atoms with E-state index in [-0.39, 0.29) is 25.9 Å². The number of anilines is 4. The summed E-state index contributed by atoms with van der Waals surface area (Å²) in [5.41, 5.74) is 3.82. The molecule has 2 aliphatic rings. The van der Waals surface area contributed by atoms with Crippen molar-refractivity contribution >= 4 is 66.4 Å². The molecule has 6 aromatic rings. The van der Waals surface area contributed by atoms with Crippen LogP contribution >= 0.6 is 31.9 Å². The van der Waals surface area contributed by atoms with E-state index in [1.54, 1.807) is 36.2 Å². The summed E-state index contributed by atoms with van der Waals surface area (Å²) in [6.07, 6.45) is 18.7. The van der Waals surface area contributed by atoms with E-state index in [1.807, 2.05) is 48.2 Å². The van der Waals surface area contributed by atoms with Gasteiger partial charge in [0.1, 0.15) is 23.3 Å². The molecule has 60 heavy (non-hydrogen) atoms. The number of nitrogens with zero attached hydrogens (tertiary/aromatic N) is 10. The van der Waals surface area contributed by atoms with Gasteiger partial charge in [0.15, 0.2) is 11.3 Å². The van der Waals surface area contributed by atoms with Crippen molar-refractivity contribution in [3.05, 3.63) is 93.7 Å². The fourth-order valence-corrected chi connectivity index (χ4v) is 7.61. The summed E-state index contributed by atoms with van der Waals surface area (Å²) in [7, 11) is 1.87. The topological polar surface area (TPSA) is 189 Å². The van der Waals surface area contributed by atoms with Crippen LogP contribution in [0, 0.1) is 0 Å². The van der Waals surface area contributed by atoms with Gasteiger partial charge in [-0.15, -0.1) is 0 Å². The lowest BCUT2D eigenvalue weighted by molar-refractivity contribution is 0.239. The van der Waals surface area contributed by atoms with Crippen molar-refractivity contribution in [2.45, 2.75) is 84.0 Å². The highest BCUT2D eigenvalue weighted by atomic mass is 79.9. The molecular formula is C42H59Br2N13O3. The Hall–Kier alpha value is -4.46. The van der Waals surface area contributed by atoms with E-state index in [0.717, 1.165) is 106 Å². The van der Waals surface area contributed by atoms with Gasteiger partial charge in [0.2, 0.25) is 0 Å². The third kappa shape index (κ3) is 13.0. The van der Waals surface area contributed by atoms with Crippen LogP contribution in [0.25, 0.3) is 11.3 Å². The quantitative estimate of drug-likeness (QED) is 0.0755. The molecule has 0 spiro atoms. The first-order valence-electron chi connectivity index (χ1n) is 20.7. The van der Waals surface area contributed by atoms with Gasteiger partial charge in [-0.1, -0.05) is 25.5 Å². The number of rotatable bonds is 13. The summed E-state index contributed by atoms with van der Waals surface area (Å²) in [6, 6.07) is 12.5. The highest BCUT2D eigenvalue weighted by molar-refractivity contribution is 9.11. The second-order valence-corrected chi connectivity index (χ2v) is 16.1. The van der Waals surface area contributed by atoms with E-state index >= 15 is 0 Å². The van der Waals surface area contributed by atoms with Gasteiger partial charge < -0.3 is 41.1 Å². The molecule has 8 heterocycles. The molecule has 6 N–H and O–H groups in total. The molecule has 8 rings (SSSR count). The minimum Gasteiger partial charge on any atom is -0.397 e. The molecule has 6 aromatic heterocycles. The zero-order valence-electron chi connectivity index (χ0n) is 34.8. The third-order valence-corrected chi connectivity index (χ3v) is 11.2. The maximum Gasteiger partial charge on any atom is 0.173 e. The Kier molecular flexibility index (Phi) is 19.2.